The first kappa shape index (κ1) is 17.3. The fraction of sp³-hybridized carbons (Fsp3) is 0.150. The molecule has 1 aliphatic heterocycles. The molecule has 1 aliphatic rings. The van der Waals surface area contributed by atoms with Crippen molar-refractivity contribution in [3.8, 4) is 35.1 Å². The molecule has 8 heteroatoms. The smallest absolute Gasteiger partial charge is 0.231 e. The lowest BCUT2D eigenvalue weighted by Crippen LogP contribution is -2.00. The summed E-state index contributed by atoms with van der Waals surface area (Å²) in [5.41, 5.74) is 2.46. The third-order valence-electron chi connectivity index (χ3n) is 4.39. The van der Waals surface area contributed by atoms with Gasteiger partial charge in [0.2, 0.25) is 6.79 Å². The van der Waals surface area contributed by atoms with Crippen LogP contribution >= 0.6 is 0 Å². The summed E-state index contributed by atoms with van der Waals surface area (Å²) in [5, 5.41) is 22.7. The van der Waals surface area contributed by atoms with Crippen LogP contribution in [0.15, 0.2) is 30.5 Å². The van der Waals surface area contributed by atoms with Crippen molar-refractivity contribution in [1.82, 2.24) is 4.98 Å². The molecule has 2 heterocycles. The standard InChI is InChI=1S/C20H14N4O4/c1-25-16-5-13-15(6-17(16)26-2)23-9-12(8-22)18(13)24-14-4-3-11(7-21)19-20(14)28-10-27-19/h3-6,9H,10H2,1-2H3,(H,23,24). The van der Waals surface area contributed by atoms with Crippen LogP contribution in [0.3, 0.4) is 0 Å². The van der Waals surface area contributed by atoms with Gasteiger partial charge in [0.15, 0.2) is 23.0 Å². The Labute approximate surface area is 160 Å². The van der Waals surface area contributed by atoms with Gasteiger partial charge in [0.05, 0.1) is 42.2 Å². The molecule has 0 bridgehead atoms. The average molecular weight is 374 g/mol. The quantitative estimate of drug-likeness (QED) is 0.739. The fourth-order valence-electron chi connectivity index (χ4n) is 3.06. The van der Waals surface area contributed by atoms with Gasteiger partial charge >= 0.3 is 0 Å². The predicted octanol–water partition coefficient (Wildman–Crippen LogP) is 3.47. The first-order chi connectivity index (χ1) is 13.7. The minimum atomic E-state index is 0.0237. The highest BCUT2D eigenvalue weighted by molar-refractivity contribution is 5.98. The number of fused-ring (bicyclic) bond motifs is 2. The second-order valence-corrected chi connectivity index (χ2v) is 5.85. The maximum atomic E-state index is 9.57. The average Bonchev–Trinajstić information content (AvgIpc) is 3.23. The first-order valence-corrected chi connectivity index (χ1v) is 8.24. The van der Waals surface area contributed by atoms with Gasteiger partial charge in [-0.15, -0.1) is 0 Å². The van der Waals surface area contributed by atoms with E-state index in [1.807, 2.05) is 0 Å². The zero-order valence-electron chi connectivity index (χ0n) is 15.1. The Balaban J connectivity index is 1.91. The molecule has 1 aromatic heterocycles. The number of ether oxygens (including phenoxy) is 4. The van der Waals surface area contributed by atoms with Crippen molar-refractivity contribution in [1.29, 1.82) is 10.5 Å². The van der Waals surface area contributed by atoms with Crippen LogP contribution < -0.4 is 24.3 Å². The van der Waals surface area contributed by atoms with Gasteiger partial charge in [0.1, 0.15) is 12.1 Å². The summed E-state index contributed by atoms with van der Waals surface area (Å²) in [6, 6.07) is 11.1. The maximum absolute atomic E-state index is 9.57. The molecule has 8 nitrogen and oxygen atoms in total. The normalized spacial score (nSPS) is 11.6. The largest absolute Gasteiger partial charge is 0.493 e. The SMILES string of the molecule is COc1cc2ncc(C#N)c(Nc3ccc(C#N)c4c3OCO4)c2cc1OC. The number of pyridine rings is 1. The summed E-state index contributed by atoms with van der Waals surface area (Å²) in [6.45, 7) is 0.0237. The Morgan fingerprint density at radius 2 is 1.71 bits per heavy atom. The van der Waals surface area contributed by atoms with Gasteiger partial charge in [0.25, 0.3) is 0 Å². The Bertz CT molecular complexity index is 1180. The number of nitrogens with zero attached hydrogens (tertiary/aromatic N) is 3. The second-order valence-electron chi connectivity index (χ2n) is 5.85. The van der Waals surface area contributed by atoms with Crippen LogP contribution in [0.5, 0.6) is 23.0 Å². The van der Waals surface area contributed by atoms with E-state index in [9.17, 15) is 10.5 Å². The molecule has 0 saturated carbocycles. The van der Waals surface area contributed by atoms with E-state index in [-0.39, 0.29) is 6.79 Å². The highest BCUT2D eigenvalue weighted by atomic mass is 16.7. The number of nitriles is 2. The van der Waals surface area contributed by atoms with E-state index in [2.05, 4.69) is 22.4 Å². The minimum Gasteiger partial charge on any atom is -0.493 e. The molecular weight excluding hydrogens is 360 g/mol. The maximum Gasteiger partial charge on any atom is 0.231 e. The molecule has 0 spiro atoms. The highest BCUT2D eigenvalue weighted by Crippen LogP contribution is 2.44. The van der Waals surface area contributed by atoms with Gasteiger partial charge in [0, 0.05) is 17.6 Å². The van der Waals surface area contributed by atoms with E-state index in [1.54, 1.807) is 31.4 Å². The van der Waals surface area contributed by atoms with Gasteiger partial charge in [-0.25, -0.2) is 0 Å². The van der Waals surface area contributed by atoms with Crippen LogP contribution in [-0.4, -0.2) is 26.0 Å². The summed E-state index contributed by atoms with van der Waals surface area (Å²) < 4.78 is 21.7. The van der Waals surface area contributed by atoms with Gasteiger partial charge in [-0.05, 0) is 18.2 Å². The van der Waals surface area contributed by atoms with Crippen molar-refractivity contribution in [2.24, 2.45) is 0 Å². The third kappa shape index (κ3) is 2.65. The second kappa shape index (κ2) is 6.86. The molecule has 28 heavy (non-hydrogen) atoms. The molecule has 2 aromatic carbocycles. The fourth-order valence-corrected chi connectivity index (χ4v) is 3.06. The van der Waals surface area contributed by atoms with E-state index in [4.69, 9.17) is 18.9 Å². The third-order valence-corrected chi connectivity index (χ3v) is 4.39. The van der Waals surface area contributed by atoms with E-state index >= 15 is 0 Å². The number of nitrogens with one attached hydrogen (secondary N) is 1. The summed E-state index contributed by atoms with van der Waals surface area (Å²) in [7, 11) is 3.08. The Hall–Kier alpha value is -4.17. The van der Waals surface area contributed by atoms with Crippen molar-refractivity contribution in [2.75, 3.05) is 26.3 Å². The molecule has 0 fully saturated rings. The molecule has 138 valence electrons. The molecule has 0 saturated heterocycles. The van der Waals surface area contributed by atoms with Crippen molar-refractivity contribution in [2.45, 2.75) is 0 Å². The molecule has 0 atom stereocenters. The van der Waals surface area contributed by atoms with Gasteiger partial charge in [-0.1, -0.05) is 0 Å². The molecule has 0 radical (unpaired) electrons. The van der Waals surface area contributed by atoms with Crippen LogP contribution in [0.2, 0.25) is 0 Å². The summed E-state index contributed by atoms with van der Waals surface area (Å²) >= 11 is 0. The number of hydrogen-bond donors (Lipinski definition) is 1. The Morgan fingerprint density at radius 3 is 2.43 bits per heavy atom. The topological polar surface area (TPSA) is 109 Å². The number of hydrogen-bond acceptors (Lipinski definition) is 8. The number of aromatic nitrogens is 1. The molecule has 4 rings (SSSR count). The zero-order chi connectivity index (χ0) is 19.7. The van der Waals surface area contributed by atoms with Crippen molar-refractivity contribution >= 4 is 22.3 Å². The van der Waals surface area contributed by atoms with Gasteiger partial charge in [-0.2, -0.15) is 10.5 Å². The first-order valence-electron chi connectivity index (χ1n) is 8.24. The summed E-state index contributed by atoms with van der Waals surface area (Å²) in [6.07, 6.45) is 1.48. The number of benzene rings is 2. The van der Waals surface area contributed by atoms with E-state index in [0.717, 1.165) is 0 Å². The van der Waals surface area contributed by atoms with Crippen LogP contribution in [-0.2, 0) is 0 Å². The summed E-state index contributed by atoms with van der Waals surface area (Å²) in [5.74, 6) is 1.85. The minimum absolute atomic E-state index is 0.0237. The molecule has 0 unspecified atom stereocenters. The van der Waals surface area contributed by atoms with E-state index < -0.39 is 0 Å². The predicted molar refractivity (Wildman–Crippen MR) is 100 cm³/mol. The molecule has 0 amide bonds. The Morgan fingerprint density at radius 1 is 1.00 bits per heavy atom. The van der Waals surface area contributed by atoms with Gasteiger partial charge in [-0.3, -0.25) is 4.98 Å². The van der Waals surface area contributed by atoms with Crippen molar-refractivity contribution in [3.63, 3.8) is 0 Å². The molecule has 1 N–H and O–H groups in total. The van der Waals surface area contributed by atoms with Crippen molar-refractivity contribution in [3.05, 3.63) is 41.6 Å². The van der Waals surface area contributed by atoms with Crippen LogP contribution in [0.25, 0.3) is 10.9 Å². The van der Waals surface area contributed by atoms with Crippen LogP contribution in [0.4, 0.5) is 11.4 Å². The number of rotatable bonds is 4. The monoisotopic (exact) mass is 374 g/mol. The van der Waals surface area contributed by atoms with Crippen LogP contribution in [0, 0.1) is 22.7 Å². The zero-order valence-corrected chi connectivity index (χ0v) is 15.1. The molecule has 3 aromatic rings. The van der Waals surface area contributed by atoms with E-state index in [0.29, 0.717) is 56.4 Å². The van der Waals surface area contributed by atoms with Gasteiger partial charge < -0.3 is 24.3 Å². The highest BCUT2D eigenvalue weighted by Gasteiger charge is 2.23. The van der Waals surface area contributed by atoms with Crippen LogP contribution in [0.1, 0.15) is 11.1 Å². The molecular formula is C20H14N4O4. The number of methoxy groups -OCH3 is 2. The summed E-state index contributed by atoms with van der Waals surface area (Å²) in [4.78, 5) is 4.34. The molecule has 0 aliphatic carbocycles. The lowest BCUT2D eigenvalue weighted by Gasteiger charge is -2.15. The Kier molecular flexibility index (Phi) is 4.23. The van der Waals surface area contributed by atoms with Crippen molar-refractivity contribution < 1.29 is 18.9 Å². The lowest BCUT2D eigenvalue weighted by atomic mass is 10.1. The van der Waals surface area contributed by atoms with E-state index in [1.165, 1.54) is 13.3 Å². The lowest BCUT2D eigenvalue weighted by molar-refractivity contribution is 0.174. The number of anilines is 2.